The highest BCUT2D eigenvalue weighted by Gasteiger charge is 2.43. The van der Waals surface area contributed by atoms with Gasteiger partial charge in [0.1, 0.15) is 0 Å². The minimum absolute atomic E-state index is 0.0349. The number of amides is 1. The lowest BCUT2D eigenvalue weighted by molar-refractivity contribution is -0.135. The molecule has 0 heterocycles. The van der Waals surface area contributed by atoms with Crippen molar-refractivity contribution in [1.29, 1.82) is 0 Å². The third-order valence-electron chi connectivity index (χ3n) is 4.63. The molecule has 1 saturated carbocycles. The Labute approximate surface area is 121 Å². The average molecular weight is 274 g/mol. The summed E-state index contributed by atoms with van der Waals surface area (Å²) in [4.78, 5) is 12.3. The Hall–Kier alpha value is -1.35. The van der Waals surface area contributed by atoms with Gasteiger partial charge in [-0.2, -0.15) is 0 Å². The van der Waals surface area contributed by atoms with Crippen LogP contribution in [0.1, 0.15) is 63.1 Å². The van der Waals surface area contributed by atoms with E-state index in [4.69, 9.17) is 5.73 Å². The summed E-state index contributed by atoms with van der Waals surface area (Å²) in [6.07, 6.45) is 2.96. The first-order valence-electron chi connectivity index (χ1n) is 7.59. The molecule has 0 spiro atoms. The fourth-order valence-corrected chi connectivity index (χ4v) is 2.73. The van der Waals surface area contributed by atoms with Crippen LogP contribution in [0.4, 0.5) is 0 Å². The van der Waals surface area contributed by atoms with Gasteiger partial charge in [0.05, 0.1) is 11.5 Å². The summed E-state index contributed by atoms with van der Waals surface area (Å²) in [6, 6.07) is 8.54. The van der Waals surface area contributed by atoms with Gasteiger partial charge in [-0.25, -0.2) is 0 Å². The first-order valence-corrected chi connectivity index (χ1v) is 7.59. The van der Waals surface area contributed by atoms with Crippen LogP contribution >= 0.6 is 0 Å². The molecule has 110 valence electrons. The van der Waals surface area contributed by atoms with Gasteiger partial charge >= 0.3 is 0 Å². The zero-order valence-electron chi connectivity index (χ0n) is 12.8. The van der Waals surface area contributed by atoms with Gasteiger partial charge in [0, 0.05) is 6.54 Å². The van der Waals surface area contributed by atoms with Crippen LogP contribution in [0, 0.1) is 5.41 Å². The van der Waals surface area contributed by atoms with Crippen LogP contribution in [-0.2, 0) is 4.79 Å². The van der Waals surface area contributed by atoms with E-state index >= 15 is 0 Å². The van der Waals surface area contributed by atoms with Crippen molar-refractivity contribution >= 4 is 5.91 Å². The van der Waals surface area contributed by atoms with Gasteiger partial charge in [0.15, 0.2) is 0 Å². The lowest BCUT2D eigenvalue weighted by atomic mass is 9.68. The van der Waals surface area contributed by atoms with E-state index in [-0.39, 0.29) is 17.4 Å². The minimum Gasteiger partial charge on any atom is -0.349 e. The maximum absolute atomic E-state index is 12.3. The fraction of sp³-hybridized carbons (Fsp3) is 0.588. The zero-order chi connectivity index (χ0) is 14.8. The van der Waals surface area contributed by atoms with Crippen LogP contribution in [-0.4, -0.2) is 12.5 Å². The molecule has 3 nitrogen and oxygen atoms in total. The van der Waals surface area contributed by atoms with Crippen molar-refractivity contribution in [2.45, 2.75) is 52.0 Å². The molecule has 1 atom stereocenters. The third-order valence-corrected chi connectivity index (χ3v) is 4.63. The summed E-state index contributed by atoms with van der Waals surface area (Å²) in [5, 5.41) is 3.12. The van der Waals surface area contributed by atoms with Crippen LogP contribution in [0.2, 0.25) is 0 Å². The van der Waals surface area contributed by atoms with Crippen molar-refractivity contribution in [2.75, 3.05) is 6.54 Å². The second kappa shape index (κ2) is 5.96. The summed E-state index contributed by atoms with van der Waals surface area (Å²) in [7, 11) is 0. The number of carbonyl (C=O) groups is 1. The zero-order valence-corrected chi connectivity index (χ0v) is 12.8. The number of benzene rings is 1. The van der Waals surface area contributed by atoms with Gasteiger partial charge in [0.25, 0.3) is 0 Å². The van der Waals surface area contributed by atoms with E-state index in [1.807, 2.05) is 6.92 Å². The quantitative estimate of drug-likeness (QED) is 0.866. The Bertz CT molecular complexity index is 455. The lowest BCUT2D eigenvalue weighted by Gasteiger charge is -2.39. The molecule has 1 amide bonds. The average Bonchev–Trinajstić information content (AvgIpc) is 2.38. The molecule has 20 heavy (non-hydrogen) atoms. The van der Waals surface area contributed by atoms with Gasteiger partial charge in [-0.1, -0.05) is 44.5 Å². The first kappa shape index (κ1) is 15.0. The first-order chi connectivity index (χ1) is 9.48. The predicted octanol–water partition coefficient (Wildman–Crippen LogP) is 3.12. The Morgan fingerprint density at radius 1 is 1.20 bits per heavy atom. The van der Waals surface area contributed by atoms with Crippen molar-refractivity contribution in [3.05, 3.63) is 35.4 Å². The van der Waals surface area contributed by atoms with Gasteiger partial charge in [0.2, 0.25) is 5.91 Å². The van der Waals surface area contributed by atoms with E-state index < -0.39 is 0 Å². The molecule has 3 N–H and O–H groups in total. The monoisotopic (exact) mass is 274 g/mol. The molecule has 1 aromatic carbocycles. The lowest BCUT2D eigenvalue weighted by Crippen LogP contribution is -2.50. The number of nitrogens with two attached hydrogens (primary N) is 1. The highest BCUT2D eigenvalue weighted by atomic mass is 16.2. The van der Waals surface area contributed by atoms with Crippen LogP contribution in [0.5, 0.6) is 0 Å². The smallest absolute Gasteiger partial charge is 0.227 e. The Kier molecular flexibility index (Phi) is 4.48. The molecule has 3 heteroatoms. The van der Waals surface area contributed by atoms with Crippen molar-refractivity contribution in [2.24, 2.45) is 11.1 Å². The van der Waals surface area contributed by atoms with E-state index in [9.17, 15) is 4.79 Å². The van der Waals surface area contributed by atoms with Gasteiger partial charge in [-0.05, 0) is 36.8 Å². The normalized spacial score (nSPS) is 18.4. The van der Waals surface area contributed by atoms with Gasteiger partial charge in [-0.3, -0.25) is 4.79 Å². The van der Waals surface area contributed by atoms with Crippen molar-refractivity contribution in [3.8, 4) is 0 Å². The van der Waals surface area contributed by atoms with Crippen LogP contribution in [0.25, 0.3) is 0 Å². The van der Waals surface area contributed by atoms with Crippen molar-refractivity contribution in [1.82, 2.24) is 5.32 Å². The summed E-state index contributed by atoms with van der Waals surface area (Å²) < 4.78 is 0. The SMILES string of the molecule is CC(C)c1ccc(C(C)NC(=O)C2(CN)CCC2)cc1. The van der Waals surface area contributed by atoms with E-state index in [1.165, 1.54) is 5.56 Å². The Morgan fingerprint density at radius 2 is 1.75 bits per heavy atom. The summed E-state index contributed by atoms with van der Waals surface area (Å²) >= 11 is 0. The van der Waals surface area contributed by atoms with Crippen molar-refractivity contribution < 1.29 is 4.79 Å². The van der Waals surface area contributed by atoms with Gasteiger partial charge < -0.3 is 11.1 Å². The topological polar surface area (TPSA) is 55.1 Å². The molecule has 1 aromatic rings. The van der Waals surface area contributed by atoms with Crippen LogP contribution in [0.3, 0.4) is 0 Å². The van der Waals surface area contributed by atoms with Gasteiger partial charge in [-0.15, -0.1) is 0 Å². The molecular formula is C17H26N2O. The van der Waals surface area contributed by atoms with Crippen LogP contribution < -0.4 is 11.1 Å². The molecule has 1 fully saturated rings. The second-order valence-electron chi connectivity index (χ2n) is 6.35. The number of rotatable bonds is 5. The molecule has 0 bridgehead atoms. The number of hydrogen-bond donors (Lipinski definition) is 2. The van der Waals surface area contributed by atoms with E-state index in [1.54, 1.807) is 0 Å². The van der Waals surface area contributed by atoms with Crippen LogP contribution in [0.15, 0.2) is 24.3 Å². The number of hydrogen-bond acceptors (Lipinski definition) is 2. The maximum Gasteiger partial charge on any atom is 0.227 e. The summed E-state index contributed by atoms with van der Waals surface area (Å²) in [5.74, 6) is 0.649. The molecule has 0 aliphatic heterocycles. The second-order valence-corrected chi connectivity index (χ2v) is 6.35. The highest BCUT2D eigenvalue weighted by molar-refractivity contribution is 5.84. The molecule has 2 rings (SSSR count). The molecule has 1 unspecified atom stereocenters. The molecule has 1 aliphatic carbocycles. The Balaban J connectivity index is 2.01. The third kappa shape index (κ3) is 2.88. The number of nitrogens with one attached hydrogen (secondary N) is 1. The summed E-state index contributed by atoms with van der Waals surface area (Å²) in [6.45, 7) is 6.85. The standard InChI is InChI=1S/C17H26N2O/c1-12(2)14-5-7-15(8-6-14)13(3)19-16(20)17(11-18)9-4-10-17/h5-8,12-13H,4,9-11,18H2,1-3H3,(H,19,20). The predicted molar refractivity (Wildman–Crippen MR) is 82.4 cm³/mol. The Morgan fingerprint density at radius 3 is 2.15 bits per heavy atom. The highest BCUT2D eigenvalue weighted by Crippen LogP contribution is 2.40. The maximum atomic E-state index is 12.3. The van der Waals surface area contributed by atoms with E-state index in [2.05, 4.69) is 43.4 Å². The fourth-order valence-electron chi connectivity index (χ4n) is 2.73. The minimum atomic E-state index is -0.299. The number of carbonyl (C=O) groups excluding carboxylic acids is 1. The van der Waals surface area contributed by atoms with Crippen molar-refractivity contribution in [3.63, 3.8) is 0 Å². The van der Waals surface area contributed by atoms with E-state index in [0.29, 0.717) is 12.5 Å². The molecule has 0 saturated heterocycles. The largest absolute Gasteiger partial charge is 0.349 e. The van der Waals surface area contributed by atoms with E-state index in [0.717, 1.165) is 24.8 Å². The summed E-state index contributed by atoms with van der Waals surface area (Å²) in [5.41, 5.74) is 7.95. The molecule has 1 aliphatic rings. The molecule has 0 radical (unpaired) electrons. The molecular weight excluding hydrogens is 248 g/mol. The molecule has 0 aromatic heterocycles.